The van der Waals surface area contributed by atoms with Crippen molar-refractivity contribution in [2.24, 2.45) is 0 Å². The van der Waals surface area contributed by atoms with Crippen LogP contribution in [0.25, 0.3) is 22.4 Å². The van der Waals surface area contributed by atoms with Gasteiger partial charge in [0.15, 0.2) is 5.65 Å². The van der Waals surface area contributed by atoms with Crippen molar-refractivity contribution in [3.05, 3.63) is 87.6 Å². The summed E-state index contributed by atoms with van der Waals surface area (Å²) in [6.45, 7) is 0. The van der Waals surface area contributed by atoms with Crippen LogP contribution in [-0.4, -0.2) is 14.0 Å². The van der Waals surface area contributed by atoms with Crippen molar-refractivity contribution in [1.82, 2.24) is 14.0 Å². The van der Waals surface area contributed by atoms with E-state index in [-0.39, 0.29) is 11.1 Å². The molecule has 5 nitrogen and oxygen atoms in total. The topological polar surface area (TPSA) is 56.4 Å². The average molecular weight is 289 g/mol. The van der Waals surface area contributed by atoms with Gasteiger partial charge in [-0.15, -0.1) is 0 Å². The Hall–Kier alpha value is -3.21. The van der Waals surface area contributed by atoms with Gasteiger partial charge >= 0.3 is 0 Å². The molecule has 1 aromatic carbocycles. The Balaban J connectivity index is 2.24. The zero-order valence-corrected chi connectivity index (χ0v) is 11.5. The molecule has 106 valence electrons. The molecule has 0 spiro atoms. The van der Waals surface area contributed by atoms with Gasteiger partial charge in [-0.2, -0.15) is 0 Å². The fourth-order valence-electron chi connectivity index (χ4n) is 2.57. The van der Waals surface area contributed by atoms with Crippen molar-refractivity contribution in [2.45, 2.75) is 0 Å². The molecule has 3 heterocycles. The van der Waals surface area contributed by atoms with E-state index >= 15 is 0 Å². The second-order valence-corrected chi connectivity index (χ2v) is 4.93. The largest absolute Gasteiger partial charge is 0.269 e. The summed E-state index contributed by atoms with van der Waals surface area (Å²) in [6, 6.07) is 17.4. The van der Waals surface area contributed by atoms with Crippen LogP contribution in [-0.2, 0) is 0 Å². The zero-order valence-electron chi connectivity index (χ0n) is 11.5. The van der Waals surface area contributed by atoms with Crippen LogP contribution in [0.1, 0.15) is 0 Å². The molecule has 0 aliphatic carbocycles. The van der Waals surface area contributed by atoms with Crippen LogP contribution in [0.4, 0.5) is 0 Å². The van der Waals surface area contributed by atoms with Gasteiger partial charge in [0, 0.05) is 12.3 Å². The van der Waals surface area contributed by atoms with Gasteiger partial charge in [-0.3, -0.25) is 18.6 Å². The molecule has 0 atom stereocenters. The lowest BCUT2D eigenvalue weighted by Gasteiger charge is -2.10. The number of rotatable bonds is 1. The molecule has 4 aromatic rings. The molecule has 0 amide bonds. The third-order valence-corrected chi connectivity index (χ3v) is 3.59. The number of fused-ring (bicyclic) bond motifs is 2. The second kappa shape index (κ2) is 4.66. The average Bonchev–Trinajstić information content (AvgIpc) is 2.56. The molecule has 22 heavy (non-hydrogen) atoms. The Kier molecular flexibility index (Phi) is 2.66. The first-order chi connectivity index (χ1) is 10.8. The number of hydrogen-bond donors (Lipinski definition) is 0. The summed E-state index contributed by atoms with van der Waals surface area (Å²) < 4.78 is 2.94. The van der Waals surface area contributed by atoms with Gasteiger partial charge in [0.05, 0.1) is 11.1 Å². The standard InChI is InChI=1S/C17H11N3O2/c21-15-10-9-13-16(20(15)12-6-2-1-3-7-12)18-14-8-4-5-11-19(14)17(13)22/h1-11H. The normalized spacial score (nSPS) is 11.1. The predicted molar refractivity (Wildman–Crippen MR) is 84.6 cm³/mol. The van der Waals surface area contributed by atoms with Crippen molar-refractivity contribution in [1.29, 1.82) is 0 Å². The molecule has 4 rings (SSSR count). The van der Waals surface area contributed by atoms with Crippen LogP contribution in [0.3, 0.4) is 0 Å². The molecule has 0 N–H and O–H groups in total. The third-order valence-electron chi connectivity index (χ3n) is 3.59. The molecule has 3 aromatic heterocycles. The van der Waals surface area contributed by atoms with E-state index < -0.39 is 0 Å². The Labute approximate surface area is 124 Å². The summed E-state index contributed by atoms with van der Waals surface area (Å²) in [6.07, 6.45) is 1.67. The molecule has 0 aliphatic heterocycles. The Morgan fingerprint density at radius 2 is 1.59 bits per heavy atom. The van der Waals surface area contributed by atoms with Crippen molar-refractivity contribution in [3.8, 4) is 5.69 Å². The molecule has 0 bridgehead atoms. The lowest BCUT2D eigenvalue weighted by molar-refractivity contribution is 0.989. The predicted octanol–water partition coefficient (Wildman–Crippen LogP) is 2.00. The lowest BCUT2D eigenvalue weighted by Crippen LogP contribution is -2.23. The summed E-state index contributed by atoms with van der Waals surface area (Å²) in [5.74, 6) is 0. The fourth-order valence-corrected chi connectivity index (χ4v) is 2.57. The number of para-hydroxylation sites is 1. The summed E-state index contributed by atoms with van der Waals surface area (Å²) in [5, 5.41) is 0.409. The number of pyridine rings is 2. The molecule has 0 unspecified atom stereocenters. The minimum Gasteiger partial charge on any atom is -0.269 e. The molecular weight excluding hydrogens is 278 g/mol. The van der Waals surface area contributed by atoms with E-state index in [9.17, 15) is 9.59 Å². The van der Waals surface area contributed by atoms with E-state index in [4.69, 9.17) is 0 Å². The summed E-state index contributed by atoms with van der Waals surface area (Å²) >= 11 is 0. The third kappa shape index (κ3) is 1.76. The van der Waals surface area contributed by atoms with Crippen LogP contribution in [0.15, 0.2) is 76.4 Å². The number of benzene rings is 1. The highest BCUT2D eigenvalue weighted by Gasteiger charge is 2.11. The smallest absolute Gasteiger partial charge is 0.267 e. The molecule has 0 aliphatic rings. The highest BCUT2D eigenvalue weighted by molar-refractivity contribution is 5.77. The van der Waals surface area contributed by atoms with Crippen LogP contribution in [0, 0.1) is 0 Å². The van der Waals surface area contributed by atoms with Gasteiger partial charge in [0.1, 0.15) is 5.65 Å². The van der Waals surface area contributed by atoms with Crippen LogP contribution in [0.2, 0.25) is 0 Å². The summed E-state index contributed by atoms with van der Waals surface area (Å²) in [4.78, 5) is 29.4. The number of nitrogens with zero attached hydrogens (tertiary/aromatic N) is 3. The van der Waals surface area contributed by atoms with E-state index in [1.54, 1.807) is 18.3 Å². The van der Waals surface area contributed by atoms with Crippen molar-refractivity contribution >= 4 is 16.7 Å². The second-order valence-electron chi connectivity index (χ2n) is 4.93. The van der Waals surface area contributed by atoms with E-state index in [0.29, 0.717) is 22.4 Å². The summed E-state index contributed by atoms with van der Waals surface area (Å²) in [5.41, 5.74) is 1.16. The molecule has 0 saturated heterocycles. The SMILES string of the molecule is O=c1ccc2c(=O)n3ccccc3nc2n1-c1ccccc1. The Morgan fingerprint density at radius 3 is 2.41 bits per heavy atom. The monoisotopic (exact) mass is 289 g/mol. The maximum atomic E-state index is 12.6. The minimum absolute atomic E-state index is 0.190. The van der Waals surface area contributed by atoms with Crippen LogP contribution < -0.4 is 11.1 Å². The van der Waals surface area contributed by atoms with Crippen molar-refractivity contribution in [2.75, 3.05) is 0 Å². The van der Waals surface area contributed by atoms with E-state index in [0.717, 1.165) is 0 Å². The van der Waals surface area contributed by atoms with Gasteiger partial charge in [-0.05, 0) is 30.3 Å². The van der Waals surface area contributed by atoms with Gasteiger partial charge in [0.25, 0.3) is 11.1 Å². The minimum atomic E-state index is -0.217. The quantitative estimate of drug-likeness (QED) is 0.504. The maximum Gasteiger partial charge on any atom is 0.267 e. The Morgan fingerprint density at radius 1 is 0.818 bits per heavy atom. The molecule has 0 radical (unpaired) electrons. The van der Waals surface area contributed by atoms with Gasteiger partial charge in [0.2, 0.25) is 0 Å². The van der Waals surface area contributed by atoms with E-state index in [1.165, 1.54) is 21.1 Å². The molecule has 5 heteroatoms. The number of aromatic nitrogens is 3. The first-order valence-corrected chi connectivity index (χ1v) is 6.84. The Bertz CT molecular complexity index is 1110. The van der Waals surface area contributed by atoms with Crippen LogP contribution in [0.5, 0.6) is 0 Å². The molecule has 0 saturated carbocycles. The first kappa shape index (κ1) is 12.5. The first-order valence-electron chi connectivity index (χ1n) is 6.84. The highest BCUT2D eigenvalue weighted by atomic mass is 16.1. The van der Waals surface area contributed by atoms with Crippen molar-refractivity contribution < 1.29 is 0 Å². The van der Waals surface area contributed by atoms with Gasteiger partial charge in [-0.1, -0.05) is 24.3 Å². The highest BCUT2D eigenvalue weighted by Crippen LogP contribution is 2.12. The molecule has 0 fully saturated rings. The molecular formula is C17H11N3O2. The number of hydrogen-bond acceptors (Lipinski definition) is 3. The van der Waals surface area contributed by atoms with Gasteiger partial charge < -0.3 is 0 Å². The van der Waals surface area contributed by atoms with E-state index in [1.807, 2.05) is 36.4 Å². The lowest BCUT2D eigenvalue weighted by atomic mass is 10.2. The van der Waals surface area contributed by atoms with Crippen molar-refractivity contribution in [3.63, 3.8) is 0 Å². The van der Waals surface area contributed by atoms with Gasteiger partial charge in [-0.25, -0.2) is 4.98 Å². The summed E-state index contributed by atoms with van der Waals surface area (Å²) in [7, 11) is 0. The fraction of sp³-hybridized carbons (Fsp3) is 0. The van der Waals surface area contributed by atoms with Crippen LogP contribution >= 0.6 is 0 Å². The van der Waals surface area contributed by atoms with E-state index in [2.05, 4.69) is 4.98 Å². The maximum absolute atomic E-state index is 12.6. The zero-order chi connectivity index (χ0) is 15.1.